The third-order valence-electron chi connectivity index (χ3n) is 2.97. The second-order valence-corrected chi connectivity index (χ2v) is 6.82. The van der Waals surface area contributed by atoms with Crippen molar-refractivity contribution in [2.75, 3.05) is 13.2 Å². The number of hydrogen-bond acceptors (Lipinski definition) is 3. The molecule has 1 rings (SSSR count). The van der Waals surface area contributed by atoms with Gasteiger partial charge in [-0.2, -0.15) is 0 Å². The van der Waals surface area contributed by atoms with Crippen LogP contribution in [-0.2, 0) is 13.6 Å². The van der Waals surface area contributed by atoms with Gasteiger partial charge in [-0.3, -0.25) is 4.57 Å². The van der Waals surface area contributed by atoms with Gasteiger partial charge in [0.25, 0.3) is 0 Å². The maximum atomic E-state index is 12.6. The van der Waals surface area contributed by atoms with E-state index in [2.05, 4.69) is 0 Å². The largest absolute Gasteiger partial charge is 0.333 e. The summed E-state index contributed by atoms with van der Waals surface area (Å²) in [5.74, 6) is 0. The molecular formula is C12H25O3P. The molecule has 1 fully saturated rings. The van der Waals surface area contributed by atoms with Gasteiger partial charge in [0.05, 0.1) is 18.9 Å². The van der Waals surface area contributed by atoms with Crippen molar-refractivity contribution in [3.63, 3.8) is 0 Å². The lowest BCUT2D eigenvalue weighted by Gasteiger charge is -2.29. The molecule has 0 aromatic heterocycles. The van der Waals surface area contributed by atoms with E-state index in [-0.39, 0.29) is 5.66 Å². The van der Waals surface area contributed by atoms with Crippen LogP contribution in [0.25, 0.3) is 0 Å². The maximum absolute atomic E-state index is 12.6. The van der Waals surface area contributed by atoms with E-state index in [1.54, 1.807) is 0 Å². The van der Waals surface area contributed by atoms with Gasteiger partial charge in [-0.05, 0) is 25.7 Å². The molecule has 0 bridgehead atoms. The van der Waals surface area contributed by atoms with Gasteiger partial charge in [-0.25, -0.2) is 0 Å². The van der Waals surface area contributed by atoms with Gasteiger partial charge >= 0.3 is 7.60 Å². The molecule has 96 valence electrons. The molecule has 4 heteroatoms. The third kappa shape index (κ3) is 4.20. The molecule has 0 aliphatic heterocycles. The summed E-state index contributed by atoms with van der Waals surface area (Å²) in [6.45, 7) is 5.17. The standard InChI is InChI=1S/C12H25O3P/c1-3-10-14-16(13,15-11-4-2)12-8-6-5-7-9-12/h12H,3-11H2,1-2H3. The van der Waals surface area contributed by atoms with Crippen LogP contribution in [0.2, 0.25) is 0 Å². The predicted octanol–water partition coefficient (Wildman–Crippen LogP) is 4.37. The lowest BCUT2D eigenvalue weighted by molar-refractivity contribution is 0.191. The number of rotatable bonds is 7. The fourth-order valence-corrected chi connectivity index (χ4v) is 4.45. The molecule has 1 aliphatic carbocycles. The van der Waals surface area contributed by atoms with Crippen molar-refractivity contribution in [2.45, 2.75) is 64.5 Å². The van der Waals surface area contributed by atoms with E-state index in [0.29, 0.717) is 13.2 Å². The minimum Gasteiger partial charge on any atom is -0.308 e. The van der Waals surface area contributed by atoms with E-state index in [1.165, 1.54) is 19.3 Å². The molecule has 0 spiro atoms. The van der Waals surface area contributed by atoms with E-state index < -0.39 is 7.60 Å². The van der Waals surface area contributed by atoms with E-state index in [4.69, 9.17) is 9.05 Å². The van der Waals surface area contributed by atoms with Crippen LogP contribution in [0.15, 0.2) is 0 Å². The summed E-state index contributed by atoms with van der Waals surface area (Å²) in [5.41, 5.74) is 0.152. The Balaban J connectivity index is 2.56. The van der Waals surface area contributed by atoms with Crippen molar-refractivity contribution in [3.05, 3.63) is 0 Å². The first-order valence-electron chi connectivity index (χ1n) is 6.61. The maximum Gasteiger partial charge on any atom is 0.333 e. The highest BCUT2D eigenvalue weighted by Crippen LogP contribution is 2.57. The SMILES string of the molecule is CCCOP(=O)(OCCC)C1CCCCC1. The first-order chi connectivity index (χ1) is 7.73. The Morgan fingerprint density at radius 1 is 1.00 bits per heavy atom. The first-order valence-corrected chi connectivity index (χ1v) is 8.23. The Labute approximate surface area is 99.4 Å². The quantitative estimate of drug-likeness (QED) is 0.628. The highest BCUT2D eigenvalue weighted by molar-refractivity contribution is 7.54. The summed E-state index contributed by atoms with van der Waals surface area (Å²) in [6, 6.07) is 0. The molecule has 0 N–H and O–H groups in total. The first kappa shape index (κ1) is 14.2. The predicted molar refractivity (Wildman–Crippen MR) is 67.0 cm³/mol. The van der Waals surface area contributed by atoms with E-state index in [1.807, 2.05) is 13.8 Å². The summed E-state index contributed by atoms with van der Waals surface area (Å²) in [4.78, 5) is 0. The second kappa shape index (κ2) is 7.47. The zero-order valence-corrected chi connectivity index (χ0v) is 11.5. The van der Waals surface area contributed by atoms with Crippen LogP contribution in [0.5, 0.6) is 0 Å². The molecule has 0 aromatic rings. The topological polar surface area (TPSA) is 35.5 Å². The Morgan fingerprint density at radius 2 is 1.50 bits per heavy atom. The monoisotopic (exact) mass is 248 g/mol. The molecule has 0 radical (unpaired) electrons. The van der Waals surface area contributed by atoms with Crippen LogP contribution < -0.4 is 0 Å². The van der Waals surface area contributed by atoms with Crippen molar-refractivity contribution in [3.8, 4) is 0 Å². The molecule has 1 saturated carbocycles. The summed E-state index contributed by atoms with van der Waals surface area (Å²) < 4.78 is 23.7. The van der Waals surface area contributed by atoms with E-state index in [0.717, 1.165) is 25.7 Å². The summed E-state index contributed by atoms with van der Waals surface area (Å²) in [7, 11) is -2.83. The van der Waals surface area contributed by atoms with Gasteiger partial charge in [-0.1, -0.05) is 33.1 Å². The van der Waals surface area contributed by atoms with Crippen molar-refractivity contribution in [2.24, 2.45) is 0 Å². The average Bonchev–Trinajstić information content (AvgIpc) is 2.35. The van der Waals surface area contributed by atoms with E-state index >= 15 is 0 Å². The normalized spacial score (nSPS) is 18.9. The van der Waals surface area contributed by atoms with Crippen molar-refractivity contribution in [1.82, 2.24) is 0 Å². The van der Waals surface area contributed by atoms with Gasteiger partial charge in [0.1, 0.15) is 0 Å². The average molecular weight is 248 g/mol. The van der Waals surface area contributed by atoms with Crippen molar-refractivity contribution < 1.29 is 13.6 Å². The Bertz CT molecular complexity index is 212. The molecule has 1 aliphatic rings. The highest BCUT2D eigenvalue weighted by atomic mass is 31.2. The molecule has 0 aromatic carbocycles. The molecule has 0 atom stereocenters. The van der Waals surface area contributed by atoms with Crippen LogP contribution in [0.4, 0.5) is 0 Å². The van der Waals surface area contributed by atoms with Gasteiger partial charge in [0, 0.05) is 0 Å². The minimum atomic E-state index is -2.83. The van der Waals surface area contributed by atoms with Gasteiger partial charge in [0.2, 0.25) is 0 Å². The van der Waals surface area contributed by atoms with Crippen LogP contribution in [-0.4, -0.2) is 18.9 Å². The minimum absolute atomic E-state index is 0.152. The Kier molecular flexibility index (Phi) is 6.64. The highest BCUT2D eigenvalue weighted by Gasteiger charge is 2.36. The second-order valence-electron chi connectivity index (χ2n) is 4.50. The summed E-state index contributed by atoms with van der Waals surface area (Å²) >= 11 is 0. The zero-order chi connectivity index (χ0) is 11.9. The number of hydrogen-bond donors (Lipinski definition) is 0. The smallest absolute Gasteiger partial charge is 0.308 e. The van der Waals surface area contributed by atoms with Gasteiger partial charge in [0.15, 0.2) is 0 Å². The van der Waals surface area contributed by atoms with Crippen LogP contribution >= 0.6 is 7.60 Å². The van der Waals surface area contributed by atoms with Gasteiger partial charge in [-0.15, -0.1) is 0 Å². The zero-order valence-electron chi connectivity index (χ0n) is 10.6. The molecule has 0 saturated heterocycles. The fraction of sp³-hybridized carbons (Fsp3) is 1.00. The molecule has 0 amide bonds. The molecule has 3 nitrogen and oxygen atoms in total. The summed E-state index contributed by atoms with van der Waals surface area (Å²) in [5, 5.41) is 0. The summed E-state index contributed by atoms with van der Waals surface area (Å²) in [6.07, 6.45) is 7.39. The third-order valence-corrected chi connectivity index (χ3v) is 5.47. The lowest BCUT2D eigenvalue weighted by atomic mass is 10.0. The molecular weight excluding hydrogens is 223 g/mol. The Morgan fingerprint density at radius 3 is 1.94 bits per heavy atom. The molecule has 0 heterocycles. The van der Waals surface area contributed by atoms with Crippen LogP contribution in [0.1, 0.15) is 58.8 Å². The van der Waals surface area contributed by atoms with Crippen LogP contribution in [0.3, 0.4) is 0 Å². The van der Waals surface area contributed by atoms with E-state index in [9.17, 15) is 4.57 Å². The van der Waals surface area contributed by atoms with Crippen molar-refractivity contribution in [1.29, 1.82) is 0 Å². The fourth-order valence-electron chi connectivity index (χ4n) is 2.08. The van der Waals surface area contributed by atoms with Crippen molar-refractivity contribution >= 4 is 7.60 Å². The van der Waals surface area contributed by atoms with Crippen LogP contribution in [0, 0.1) is 0 Å². The lowest BCUT2D eigenvalue weighted by Crippen LogP contribution is -2.17. The molecule has 0 unspecified atom stereocenters. The molecule has 16 heavy (non-hydrogen) atoms. The van der Waals surface area contributed by atoms with Gasteiger partial charge < -0.3 is 9.05 Å². The Hall–Kier alpha value is 0.150.